The molecule has 0 saturated carbocycles. The number of carbonyl (C=O) groups excluding carboxylic acids is 1. The number of nitrogens with zero attached hydrogens (tertiary/aromatic N) is 1. The molecule has 2 heterocycles. The summed E-state index contributed by atoms with van der Waals surface area (Å²) in [4.78, 5) is 18.6. The quantitative estimate of drug-likeness (QED) is 0.909. The fraction of sp³-hybridized carbons (Fsp3) is 0.273. The van der Waals surface area contributed by atoms with Crippen LogP contribution in [0.1, 0.15) is 29.1 Å². The van der Waals surface area contributed by atoms with E-state index in [0.717, 1.165) is 16.7 Å². The number of amides is 1. The highest BCUT2D eigenvalue weighted by Gasteiger charge is 2.09. The van der Waals surface area contributed by atoms with E-state index in [1.807, 2.05) is 6.92 Å². The van der Waals surface area contributed by atoms with E-state index in [0.29, 0.717) is 11.6 Å². The topological polar surface area (TPSA) is 70.9 Å². The van der Waals surface area contributed by atoms with Crippen LogP contribution in [0.2, 0.25) is 0 Å². The average Bonchev–Trinajstić information content (AvgIpc) is 2.94. The lowest BCUT2D eigenvalue weighted by Gasteiger charge is -1.99. The number of nitrogens with one attached hydrogen (secondary N) is 2. The van der Waals surface area contributed by atoms with E-state index in [2.05, 4.69) is 31.2 Å². The van der Waals surface area contributed by atoms with Gasteiger partial charge in [0.1, 0.15) is 11.5 Å². The third-order valence-electron chi connectivity index (χ3n) is 2.24. The first kappa shape index (κ1) is 11.9. The molecule has 90 valence electrons. The minimum atomic E-state index is -0.188. The molecule has 17 heavy (non-hydrogen) atoms. The fourth-order valence-electron chi connectivity index (χ4n) is 1.34. The second kappa shape index (κ2) is 5.18. The molecular formula is C11H12BrN3O2. The zero-order valence-electron chi connectivity index (χ0n) is 9.29. The normalized spacial score (nSPS) is 10.5. The lowest BCUT2D eigenvalue weighted by atomic mass is 10.4. The Hall–Kier alpha value is -1.56. The highest BCUT2D eigenvalue weighted by molar-refractivity contribution is 9.10. The van der Waals surface area contributed by atoms with Gasteiger partial charge < -0.3 is 14.7 Å². The van der Waals surface area contributed by atoms with Gasteiger partial charge in [0.15, 0.2) is 0 Å². The second-order valence-electron chi connectivity index (χ2n) is 3.49. The fourth-order valence-corrected chi connectivity index (χ4v) is 1.69. The molecule has 2 aromatic rings. The van der Waals surface area contributed by atoms with Crippen LogP contribution in [0.3, 0.4) is 0 Å². The first-order valence-corrected chi connectivity index (χ1v) is 6.04. The van der Waals surface area contributed by atoms with Crippen molar-refractivity contribution in [3.05, 3.63) is 40.3 Å². The van der Waals surface area contributed by atoms with Crippen LogP contribution in [0.25, 0.3) is 0 Å². The third kappa shape index (κ3) is 2.97. The van der Waals surface area contributed by atoms with Gasteiger partial charge in [-0.15, -0.1) is 0 Å². The summed E-state index contributed by atoms with van der Waals surface area (Å²) in [6.07, 6.45) is 4.17. The summed E-state index contributed by atoms with van der Waals surface area (Å²) in [5, 5.41) is 2.72. The Balaban J connectivity index is 1.92. The molecule has 0 unspecified atom stereocenters. The maximum Gasteiger partial charge on any atom is 0.268 e. The summed E-state index contributed by atoms with van der Waals surface area (Å²) < 4.78 is 6.22. The van der Waals surface area contributed by atoms with E-state index in [1.54, 1.807) is 18.5 Å². The maximum absolute atomic E-state index is 11.7. The van der Waals surface area contributed by atoms with Crippen molar-refractivity contribution in [1.29, 1.82) is 0 Å². The van der Waals surface area contributed by atoms with Gasteiger partial charge in [0.05, 0.1) is 12.7 Å². The molecule has 0 bridgehead atoms. The third-order valence-corrected chi connectivity index (χ3v) is 2.70. The van der Waals surface area contributed by atoms with Crippen LogP contribution >= 0.6 is 15.9 Å². The number of H-pyrrole nitrogens is 1. The Bertz CT molecular complexity index is 518. The summed E-state index contributed by atoms with van der Waals surface area (Å²) in [6.45, 7) is 2.27. The molecule has 0 aliphatic carbocycles. The van der Waals surface area contributed by atoms with E-state index in [1.165, 1.54) is 0 Å². The highest BCUT2D eigenvalue weighted by Crippen LogP contribution is 2.10. The number of halogens is 1. The molecule has 5 nitrogen and oxygen atoms in total. The van der Waals surface area contributed by atoms with Crippen LogP contribution in [-0.2, 0) is 13.0 Å². The zero-order valence-corrected chi connectivity index (χ0v) is 10.9. The number of aromatic nitrogens is 2. The van der Waals surface area contributed by atoms with Gasteiger partial charge in [0.25, 0.3) is 5.91 Å². The van der Waals surface area contributed by atoms with Gasteiger partial charge in [0.2, 0.25) is 5.89 Å². The predicted molar refractivity (Wildman–Crippen MR) is 65.5 cm³/mol. The van der Waals surface area contributed by atoms with Crippen LogP contribution in [0.15, 0.2) is 27.3 Å². The van der Waals surface area contributed by atoms with Crippen molar-refractivity contribution in [3.8, 4) is 0 Å². The Kier molecular flexibility index (Phi) is 3.63. The number of hydrogen-bond donors (Lipinski definition) is 2. The van der Waals surface area contributed by atoms with Crippen LogP contribution in [0.5, 0.6) is 0 Å². The summed E-state index contributed by atoms with van der Waals surface area (Å²) in [6, 6.07) is 1.71. The Morgan fingerprint density at radius 3 is 3.06 bits per heavy atom. The average molecular weight is 298 g/mol. The molecule has 1 amide bonds. The molecule has 0 spiro atoms. The highest BCUT2D eigenvalue weighted by atomic mass is 79.9. The number of rotatable bonds is 4. The lowest BCUT2D eigenvalue weighted by Crippen LogP contribution is -2.23. The Morgan fingerprint density at radius 2 is 2.47 bits per heavy atom. The first-order chi connectivity index (χ1) is 8.19. The number of hydrogen-bond acceptors (Lipinski definition) is 3. The summed E-state index contributed by atoms with van der Waals surface area (Å²) in [7, 11) is 0. The number of aromatic amines is 1. The van der Waals surface area contributed by atoms with Gasteiger partial charge in [-0.25, -0.2) is 4.98 Å². The van der Waals surface area contributed by atoms with Crippen molar-refractivity contribution in [1.82, 2.24) is 15.3 Å². The molecule has 6 heteroatoms. The van der Waals surface area contributed by atoms with Crippen molar-refractivity contribution in [2.75, 3.05) is 0 Å². The monoisotopic (exact) mass is 297 g/mol. The van der Waals surface area contributed by atoms with Crippen molar-refractivity contribution in [2.24, 2.45) is 0 Å². The van der Waals surface area contributed by atoms with E-state index in [-0.39, 0.29) is 12.5 Å². The Labute approximate surface area is 107 Å². The van der Waals surface area contributed by atoms with Crippen molar-refractivity contribution in [3.63, 3.8) is 0 Å². The summed E-state index contributed by atoms with van der Waals surface area (Å²) >= 11 is 3.27. The molecule has 0 fully saturated rings. The predicted octanol–water partition coefficient (Wildman–Crippen LogP) is 2.26. The van der Waals surface area contributed by atoms with E-state index >= 15 is 0 Å². The number of aryl methyl sites for hydroxylation is 1. The molecule has 2 aromatic heterocycles. The van der Waals surface area contributed by atoms with Gasteiger partial charge in [-0.05, 0) is 22.0 Å². The van der Waals surface area contributed by atoms with Crippen LogP contribution in [0.4, 0.5) is 0 Å². The molecule has 0 atom stereocenters. The standard InChI is InChI=1S/C11H12BrN3O2/c1-2-8-5-14-10(17-8)6-15-11(16)9-3-7(12)4-13-9/h3-5,13H,2,6H2,1H3,(H,15,16). The zero-order chi connectivity index (χ0) is 12.3. The molecular weight excluding hydrogens is 286 g/mol. The molecule has 0 aliphatic rings. The molecule has 2 N–H and O–H groups in total. The van der Waals surface area contributed by atoms with Crippen molar-refractivity contribution in [2.45, 2.75) is 19.9 Å². The molecule has 0 aliphatic heterocycles. The van der Waals surface area contributed by atoms with Crippen molar-refractivity contribution < 1.29 is 9.21 Å². The molecule has 2 rings (SSSR count). The van der Waals surface area contributed by atoms with E-state index in [4.69, 9.17) is 4.42 Å². The van der Waals surface area contributed by atoms with Gasteiger partial charge in [-0.2, -0.15) is 0 Å². The smallest absolute Gasteiger partial charge is 0.268 e. The molecule has 0 saturated heterocycles. The van der Waals surface area contributed by atoms with Crippen LogP contribution in [0, 0.1) is 0 Å². The van der Waals surface area contributed by atoms with Gasteiger partial charge in [-0.1, -0.05) is 6.92 Å². The molecule has 0 radical (unpaired) electrons. The van der Waals surface area contributed by atoms with Gasteiger partial charge in [0, 0.05) is 17.1 Å². The summed E-state index contributed by atoms with van der Waals surface area (Å²) in [5.41, 5.74) is 0.499. The Morgan fingerprint density at radius 1 is 1.65 bits per heavy atom. The van der Waals surface area contributed by atoms with Crippen molar-refractivity contribution >= 4 is 21.8 Å². The maximum atomic E-state index is 11.7. The minimum absolute atomic E-state index is 0.188. The van der Waals surface area contributed by atoms with E-state index in [9.17, 15) is 4.79 Å². The van der Waals surface area contributed by atoms with Gasteiger partial charge in [-0.3, -0.25) is 4.79 Å². The number of oxazole rings is 1. The largest absolute Gasteiger partial charge is 0.444 e. The first-order valence-electron chi connectivity index (χ1n) is 5.24. The second-order valence-corrected chi connectivity index (χ2v) is 4.40. The molecule has 0 aromatic carbocycles. The lowest BCUT2D eigenvalue weighted by molar-refractivity contribution is 0.0942. The van der Waals surface area contributed by atoms with Crippen LogP contribution < -0.4 is 5.32 Å². The van der Waals surface area contributed by atoms with Crippen LogP contribution in [-0.4, -0.2) is 15.9 Å². The SMILES string of the molecule is CCc1cnc(CNC(=O)c2cc(Br)c[nH]2)o1. The van der Waals surface area contributed by atoms with E-state index < -0.39 is 0 Å². The minimum Gasteiger partial charge on any atom is -0.444 e. The summed E-state index contributed by atoms with van der Waals surface area (Å²) in [5.74, 6) is 1.14. The number of carbonyl (C=O) groups is 1. The van der Waals surface area contributed by atoms with Gasteiger partial charge >= 0.3 is 0 Å².